The van der Waals surface area contributed by atoms with E-state index in [1.807, 2.05) is 49.4 Å². The Morgan fingerprint density at radius 2 is 1.83 bits per heavy atom. The molecule has 30 heavy (non-hydrogen) atoms. The molecule has 0 amide bonds. The Bertz CT molecular complexity index is 1100. The summed E-state index contributed by atoms with van der Waals surface area (Å²) in [5.74, 6) is 1.28. The van der Waals surface area contributed by atoms with Crippen molar-refractivity contribution in [3.63, 3.8) is 0 Å². The van der Waals surface area contributed by atoms with Crippen LogP contribution in [0.5, 0.6) is 5.75 Å². The molecule has 0 unspecified atom stereocenters. The third-order valence-corrected chi connectivity index (χ3v) is 5.65. The van der Waals surface area contributed by atoms with E-state index < -0.39 is 10.0 Å². The van der Waals surface area contributed by atoms with Gasteiger partial charge in [-0.2, -0.15) is 0 Å². The van der Waals surface area contributed by atoms with Gasteiger partial charge in [0.1, 0.15) is 17.9 Å². The topological polar surface area (TPSA) is 93.2 Å². The minimum Gasteiger partial charge on any atom is -0.493 e. The number of aromatic nitrogens is 2. The van der Waals surface area contributed by atoms with Crippen molar-refractivity contribution in [2.75, 3.05) is 11.9 Å². The number of anilines is 2. The highest BCUT2D eigenvalue weighted by Gasteiger charge is 2.13. The Labute approximate surface area is 177 Å². The van der Waals surface area contributed by atoms with E-state index >= 15 is 0 Å². The van der Waals surface area contributed by atoms with Gasteiger partial charge in [0.05, 0.1) is 18.1 Å². The number of nitrogens with zero attached hydrogens (tertiary/aromatic N) is 2. The lowest BCUT2D eigenvalue weighted by Crippen LogP contribution is -2.31. The molecular formula is C22H26N4O3S. The van der Waals surface area contributed by atoms with Crippen molar-refractivity contribution >= 4 is 21.5 Å². The molecule has 0 aliphatic rings. The molecule has 8 heteroatoms. The van der Waals surface area contributed by atoms with Crippen LogP contribution in [0.25, 0.3) is 11.3 Å². The van der Waals surface area contributed by atoms with Gasteiger partial charge in [-0.25, -0.2) is 23.1 Å². The summed E-state index contributed by atoms with van der Waals surface area (Å²) in [5.41, 5.74) is 3.04. The van der Waals surface area contributed by atoms with E-state index in [2.05, 4.69) is 20.0 Å². The summed E-state index contributed by atoms with van der Waals surface area (Å²) < 4.78 is 32.7. The number of para-hydroxylation sites is 1. The van der Waals surface area contributed by atoms with Gasteiger partial charge in [-0.3, -0.25) is 0 Å². The van der Waals surface area contributed by atoms with Crippen LogP contribution < -0.4 is 14.8 Å². The van der Waals surface area contributed by atoms with Crippen molar-refractivity contribution in [1.82, 2.24) is 14.7 Å². The molecule has 0 aliphatic heterocycles. The minimum absolute atomic E-state index is 0.0859. The number of hydrogen-bond acceptors (Lipinski definition) is 6. The summed E-state index contributed by atoms with van der Waals surface area (Å²) in [6, 6.07) is 16.7. The first-order valence-corrected chi connectivity index (χ1v) is 11.4. The number of ether oxygens (including phenoxy) is 1. The fourth-order valence-corrected chi connectivity index (χ4v) is 4.46. The summed E-state index contributed by atoms with van der Waals surface area (Å²) in [7, 11) is -3.39. The van der Waals surface area contributed by atoms with Crippen LogP contribution in [0.1, 0.15) is 26.3 Å². The molecule has 1 heterocycles. The number of hydrogen-bond donors (Lipinski definition) is 2. The number of benzene rings is 2. The van der Waals surface area contributed by atoms with E-state index in [0.717, 1.165) is 22.7 Å². The van der Waals surface area contributed by atoms with Crippen molar-refractivity contribution in [3.05, 3.63) is 66.5 Å². The van der Waals surface area contributed by atoms with Crippen molar-refractivity contribution in [2.24, 2.45) is 0 Å². The maximum absolute atomic E-state index is 12.2. The molecule has 0 saturated carbocycles. The third-order valence-electron chi connectivity index (χ3n) is 4.10. The van der Waals surface area contributed by atoms with Gasteiger partial charge in [-0.1, -0.05) is 24.3 Å². The fraction of sp³-hybridized carbons (Fsp3) is 0.273. The molecule has 0 atom stereocenters. The van der Waals surface area contributed by atoms with Crippen LogP contribution in [0.3, 0.4) is 0 Å². The van der Waals surface area contributed by atoms with Crippen molar-refractivity contribution < 1.29 is 13.2 Å². The smallest absolute Gasteiger partial charge is 0.216 e. The van der Waals surface area contributed by atoms with Gasteiger partial charge >= 0.3 is 0 Å². The van der Waals surface area contributed by atoms with Gasteiger partial charge in [0, 0.05) is 23.4 Å². The molecule has 0 spiro atoms. The molecule has 0 bridgehead atoms. The molecule has 2 N–H and O–H groups in total. The molecule has 0 saturated heterocycles. The predicted molar refractivity (Wildman–Crippen MR) is 119 cm³/mol. The Hall–Kier alpha value is -2.97. The van der Waals surface area contributed by atoms with Crippen LogP contribution in [0, 0.1) is 0 Å². The first kappa shape index (κ1) is 21.7. The Balaban J connectivity index is 1.81. The van der Waals surface area contributed by atoms with E-state index in [0.29, 0.717) is 18.0 Å². The van der Waals surface area contributed by atoms with Gasteiger partial charge in [0.15, 0.2) is 0 Å². The van der Waals surface area contributed by atoms with E-state index in [9.17, 15) is 8.42 Å². The summed E-state index contributed by atoms with van der Waals surface area (Å²) >= 11 is 0. The molecule has 0 radical (unpaired) electrons. The first-order valence-electron chi connectivity index (χ1n) is 9.76. The van der Waals surface area contributed by atoms with E-state index in [1.165, 1.54) is 6.33 Å². The molecule has 3 rings (SSSR count). The SMILES string of the molecule is CCOc1ccccc1-c1cc(Nc2cccc(CS(=O)(=O)NC(C)C)c2)ncn1. The van der Waals surface area contributed by atoms with Crippen molar-refractivity contribution in [1.29, 1.82) is 0 Å². The lowest BCUT2D eigenvalue weighted by atomic mass is 10.1. The zero-order valence-electron chi connectivity index (χ0n) is 17.3. The van der Waals surface area contributed by atoms with Crippen LogP contribution in [0.2, 0.25) is 0 Å². The Morgan fingerprint density at radius 1 is 1.03 bits per heavy atom. The van der Waals surface area contributed by atoms with Crippen LogP contribution in [-0.4, -0.2) is 31.0 Å². The summed E-state index contributed by atoms with van der Waals surface area (Å²) in [5, 5.41) is 3.23. The second-order valence-electron chi connectivity index (χ2n) is 7.07. The van der Waals surface area contributed by atoms with Gasteiger partial charge in [-0.15, -0.1) is 0 Å². The zero-order chi connectivity index (χ0) is 21.6. The van der Waals surface area contributed by atoms with Crippen LogP contribution >= 0.6 is 0 Å². The molecular weight excluding hydrogens is 400 g/mol. The van der Waals surface area contributed by atoms with E-state index in [4.69, 9.17) is 4.74 Å². The lowest BCUT2D eigenvalue weighted by Gasteiger charge is -2.12. The molecule has 158 valence electrons. The monoisotopic (exact) mass is 426 g/mol. The van der Waals surface area contributed by atoms with Crippen molar-refractivity contribution in [2.45, 2.75) is 32.6 Å². The number of nitrogens with one attached hydrogen (secondary N) is 2. The fourth-order valence-electron chi connectivity index (χ4n) is 3.04. The predicted octanol–water partition coefficient (Wildman–Crippen LogP) is 4.11. The van der Waals surface area contributed by atoms with Crippen LogP contribution in [0.4, 0.5) is 11.5 Å². The maximum atomic E-state index is 12.2. The minimum atomic E-state index is -3.39. The molecule has 2 aromatic carbocycles. The van der Waals surface area contributed by atoms with Crippen molar-refractivity contribution in [3.8, 4) is 17.0 Å². The third kappa shape index (κ3) is 6.01. The second-order valence-corrected chi connectivity index (χ2v) is 8.83. The molecule has 3 aromatic rings. The first-order chi connectivity index (χ1) is 14.4. The van der Waals surface area contributed by atoms with Gasteiger partial charge < -0.3 is 10.1 Å². The highest BCUT2D eigenvalue weighted by molar-refractivity contribution is 7.88. The maximum Gasteiger partial charge on any atom is 0.216 e. The normalized spacial score (nSPS) is 11.5. The number of sulfonamides is 1. The highest BCUT2D eigenvalue weighted by Crippen LogP contribution is 2.29. The lowest BCUT2D eigenvalue weighted by molar-refractivity contribution is 0.341. The van der Waals surface area contributed by atoms with Crippen LogP contribution in [-0.2, 0) is 15.8 Å². The largest absolute Gasteiger partial charge is 0.493 e. The number of rotatable bonds is 9. The van der Waals surface area contributed by atoms with Crippen LogP contribution in [0.15, 0.2) is 60.9 Å². The zero-order valence-corrected chi connectivity index (χ0v) is 18.1. The quantitative estimate of drug-likeness (QED) is 0.535. The average Bonchev–Trinajstić information content (AvgIpc) is 2.68. The standard InChI is InChI=1S/C22H26N4O3S/c1-4-29-21-11-6-5-10-19(21)20-13-22(24-15-23-20)25-18-9-7-8-17(12-18)14-30(27,28)26-16(2)3/h5-13,15-16,26H,4,14H2,1-3H3,(H,23,24,25). The van der Waals surface area contributed by atoms with Gasteiger partial charge in [-0.05, 0) is 50.6 Å². The Kier molecular flexibility index (Phi) is 7.02. The Morgan fingerprint density at radius 3 is 2.60 bits per heavy atom. The summed E-state index contributed by atoms with van der Waals surface area (Å²) in [6.45, 7) is 6.10. The second kappa shape index (κ2) is 9.69. The molecule has 1 aromatic heterocycles. The highest BCUT2D eigenvalue weighted by atomic mass is 32.2. The molecule has 0 fully saturated rings. The van der Waals surface area contributed by atoms with Gasteiger partial charge in [0.2, 0.25) is 10.0 Å². The molecule has 0 aliphatic carbocycles. The summed E-state index contributed by atoms with van der Waals surface area (Å²) in [6.07, 6.45) is 1.49. The molecule has 7 nitrogen and oxygen atoms in total. The summed E-state index contributed by atoms with van der Waals surface area (Å²) in [4.78, 5) is 8.65. The van der Waals surface area contributed by atoms with E-state index in [-0.39, 0.29) is 11.8 Å². The van der Waals surface area contributed by atoms with Gasteiger partial charge in [0.25, 0.3) is 0 Å². The average molecular weight is 427 g/mol. The van der Waals surface area contributed by atoms with E-state index in [1.54, 1.807) is 26.0 Å².